The number of carbonyl (C=O) groups excluding carboxylic acids is 2. The maximum atomic E-state index is 12.5. The molecule has 0 rings (SSSR count). The van der Waals surface area contributed by atoms with E-state index < -0.39 is 12.1 Å². The van der Waals surface area contributed by atoms with Gasteiger partial charge in [-0.05, 0) is 89.9 Å². The molecule has 0 saturated carbocycles. The van der Waals surface area contributed by atoms with Gasteiger partial charge in [0.2, 0.25) is 5.91 Å². The Morgan fingerprint density at radius 1 is 0.301 bits per heavy atom. The highest BCUT2D eigenvalue weighted by molar-refractivity contribution is 5.76. The van der Waals surface area contributed by atoms with Crippen molar-refractivity contribution >= 4 is 11.9 Å². The summed E-state index contributed by atoms with van der Waals surface area (Å²) in [5, 5.41) is 23.3. The molecule has 0 spiro atoms. The highest BCUT2D eigenvalue weighted by Crippen LogP contribution is 2.20. The first-order valence-electron chi connectivity index (χ1n) is 42.4. The molecule has 0 aliphatic carbocycles. The Balaban J connectivity index is 3.36. The van der Waals surface area contributed by atoms with Gasteiger partial charge in [0.05, 0.1) is 25.4 Å². The van der Waals surface area contributed by atoms with Crippen LogP contribution in [0.2, 0.25) is 0 Å². The zero-order valence-electron chi connectivity index (χ0n) is 63.0. The predicted molar refractivity (Wildman–Crippen MR) is 412 cm³/mol. The molecule has 0 fully saturated rings. The van der Waals surface area contributed by atoms with E-state index in [0.29, 0.717) is 19.4 Å². The molecule has 6 heteroatoms. The first-order valence-corrected chi connectivity index (χ1v) is 42.4. The van der Waals surface area contributed by atoms with Crippen molar-refractivity contribution in [2.45, 2.75) is 482 Å². The van der Waals surface area contributed by atoms with Crippen molar-refractivity contribution in [2.75, 3.05) is 13.2 Å². The van der Waals surface area contributed by atoms with E-state index in [9.17, 15) is 19.8 Å². The van der Waals surface area contributed by atoms with Crippen molar-refractivity contribution in [2.24, 2.45) is 0 Å². The molecule has 0 saturated heterocycles. The van der Waals surface area contributed by atoms with Crippen LogP contribution >= 0.6 is 0 Å². The third-order valence-electron chi connectivity index (χ3n) is 19.8. The lowest BCUT2D eigenvalue weighted by Gasteiger charge is -2.20. The average Bonchev–Trinajstić information content (AvgIpc) is 3.74. The molecule has 0 heterocycles. The summed E-state index contributed by atoms with van der Waals surface area (Å²) in [6.07, 6.45) is 110. The van der Waals surface area contributed by atoms with E-state index in [4.69, 9.17) is 4.74 Å². The van der Waals surface area contributed by atoms with Gasteiger partial charge in [-0.3, -0.25) is 9.59 Å². The van der Waals surface area contributed by atoms with E-state index in [1.54, 1.807) is 6.08 Å². The predicted octanol–water partition coefficient (Wildman–Crippen LogP) is 28.3. The van der Waals surface area contributed by atoms with Gasteiger partial charge in [0.15, 0.2) is 0 Å². The number of aliphatic hydroxyl groups excluding tert-OH is 2. The molecule has 0 aliphatic heterocycles. The summed E-state index contributed by atoms with van der Waals surface area (Å²) in [5.41, 5.74) is 0. The third-order valence-corrected chi connectivity index (χ3v) is 19.8. The Hall–Kier alpha value is -2.18. The zero-order chi connectivity index (χ0) is 67.0. The number of amides is 1. The molecule has 0 aromatic carbocycles. The molecule has 6 nitrogen and oxygen atoms in total. The summed E-state index contributed by atoms with van der Waals surface area (Å²) >= 11 is 0. The molecule has 3 N–H and O–H groups in total. The minimum absolute atomic E-state index is 0.0179. The first-order chi connectivity index (χ1) is 46.0. The zero-order valence-corrected chi connectivity index (χ0v) is 63.0. The molecular weight excluding hydrogens is 1140 g/mol. The van der Waals surface area contributed by atoms with Crippen molar-refractivity contribution in [1.29, 1.82) is 0 Å². The van der Waals surface area contributed by atoms with Crippen LogP contribution in [0.3, 0.4) is 0 Å². The van der Waals surface area contributed by atoms with Crippen LogP contribution in [-0.4, -0.2) is 47.4 Å². The molecule has 0 aliphatic rings. The number of unbranched alkanes of at least 4 members (excludes halogenated alkanes) is 63. The van der Waals surface area contributed by atoms with Crippen LogP contribution in [0.4, 0.5) is 0 Å². The van der Waals surface area contributed by atoms with Gasteiger partial charge in [-0.1, -0.05) is 416 Å². The lowest BCUT2D eigenvalue weighted by atomic mass is 10.0. The molecular formula is C87H165NO5. The molecule has 1 amide bonds. The largest absolute Gasteiger partial charge is 0.466 e. The fourth-order valence-corrected chi connectivity index (χ4v) is 13.4. The van der Waals surface area contributed by atoms with Gasteiger partial charge in [-0.15, -0.1) is 0 Å². The van der Waals surface area contributed by atoms with Crippen LogP contribution in [0.1, 0.15) is 470 Å². The quantitative estimate of drug-likeness (QED) is 0.0320. The Labute approximate surface area is 582 Å². The molecule has 0 aromatic rings. The molecule has 93 heavy (non-hydrogen) atoms. The van der Waals surface area contributed by atoms with Gasteiger partial charge in [0.1, 0.15) is 0 Å². The maximum Gasteiger partial charge on any atom is 0.305 e. The van der Waals surface area contributed by atoms with Gasteiger partial charge >= 0.3 is 5.97 Å². The maximum absolute atomic E-state index is 12.5. The molecule has 0 bridgehead atoms. The number of hydrogen-bond acceptors (Lipinski definition) is 5. The number of hydrogen-bond donors (Lipinski definition) is 3. The van der Waals surface area contributed by atoms with Crippen molar-refractivity contribution in [1.82, 2.24) is 5.32 Å². The van der Waals surface area contributed by atoms with Gasteiger partial charge in [0, 0.05) is 12.8 Å². The summed E-state index contributed by atoms with van der Waals surface area (Å²) in [4.78, 5) is 24.7. The number of carbonyl (C=O) groups is 2. The summed E-state index contributed by atoms with van der Waals surface area (Å²) in [6, 6.07) is -0.627. The van der Waals surface area contributed by atoms with Gasteiger partial charge < -0.3 is 20.3 Å². The van der Waals surface area contributed by atoms with E-state index in [2.05, 4.69) is 55.6 Å². The van der Waals surface area contributed by atoms with Crippen molar-refractivity contribution in [3.63, 3.8) is 0 Å². The number of nitrogens with one attached hydrogen (secondary N) is 1. The Morgan fingerprint density at radius 2 is 0.538 bits per heavy atom. The van der Waals surface area contributed by atoms with E-state index in [1.807, 2.05) is 6.08 Å². The second kappa shape index (κ2) is 82.2. The van der Waals surface area contributed by atoms with Crippen molar-refractivity contribution < 1.29 is 24.5 Å². The average molecular weight is 1310 g/mol. The summed E-state index contributed by atoms with van der Waals surface area (Å²) in [6.45, 7) is 4.95. The monoisotopic (exact) mass is 1300 g/mol. The number of ether oxygens (including phenoxy) is 1. The lowest BCUT2D eigenvalue weighted by molar-refractivity contribution is -0.143. The highest BCUT2D eigenvalue weighted by atomic mass is 16.5. The van der Waals surface area contributed by atoms with Crippen LogP contribution in [0.15, 0.2) is 48.6 Å². The lowest BCUT2D eigenvalue weighted by Crippen LogP contribution is -2.45. The summed E-state index contributed by atoms with van der Waals surface area (Å²) < 4.78 is 5.51. The number of rotatable bonds is 80. The Bertz CT molecular complexity index is 1550. The molecule has 0 aromatic heterocycles. The normalized spacial score (nSPS) is 12.7. The van der Waals surface area contributed by atoms with Crippen LogP contribution in [0, 0.1) is 0 Å². The Kier molecular flexibility index (Phi) is 80.3. The molecule has 2 unspecified atom stereocenters. The van der Waals surface area contributed by atoms with E-state index in [1.165, 1.54) is 392 Å². The third kappa shape index (κ3) is 78.7. The second-order valence-electron chi connectivity index (χ2n) is 29.2. The minimum Gasteiger partial charge on any atom is -0.466 e. The SMILES string of the molecule is CCCCCCCCC/C=C\CCCCCCCCCC(=O)OCCCCCCCCCCCCCCCCC/C=C\C/C=C\CCCCCCCCCCCCCCCCCCCC(=O)NC(CO)C(O)/C=C/CCCCCCCCCCCCCCCCCCC. The minimum atomic E-state index is -0.844. The summed E-state index contributed by atoms with van der Waals surface area (Å²) in [5.74, 6) is -0.0430. The fourth-order valence-electron chi connectivity index (χ4n) is 13.4. The Morgan fingerprint density at radius 3 is 0.828 bits per heavy atom. The van der Waals surface area contributed by atoms with Gasteiger partial charge in [-0.25, -0.2) is 0 Å². The number of esters is 1. The van der Waals surface area contributed by atoms with E-state index in [0.717, 1.165) is 51.4 Å². The van der Waals surface area contributed by atoms with Gasteiger partial charge in [-0.2, -0.15) is 0 Å². The topological polar surface area (TPSA) is 95.9 Å². The number of allylic oxidation sites excluding steroid dienone is 7. The summed E-state index contributed by atoms with van der Waals surface area (Å²) in [7, 11) is 0. The van der Waals surface area contributed by atoms with Crippen molar-refractivity contribution in [3.8, 4) is 0 Å². The first kappa shape index (κ1) is 90.8. The van der Waals surface area contributed by atoms with E-state index >= 15 is 0 Å². The van der Waals surface area contributed by atoms with E-state index in [-0.39, 0.29) is 18.5 Å². The van der Waals surface area contributed by atoms with Crippen LogP contribution in [0.25, 0.3) is 0 Å². The molecule has 548 valence electrons. The van der Waals surface area contributed by atoms with Crippen LogP contribution < -0.4 is 5.32 Å². The van der Waals surface area contributed by atoms with Gasteiger partial charge in [0.25, 0.3) is 0 Å². The second-order valence-corrected chi connectivity index (χ2v) is 29.2. The smallest absolute Gasteiger partial charge is 0.305 e. The molecule has 2 atom stereocenters. The van der Waals surface area contributed by atoms with Crippen molar-refractivity contribution in [3.05, 3.63) is 48.6 Å². The molecule has 0 radical (unpaired) electrons. The van der Waals surface area contributed by atoms with Crippen LogP contribution in [0.5, 0.6) is 0 Å². The van der Waals surface area contributed by atoms with Crippen LogP contribution in [-0.2, 0) is 14.3 Å². The highest BCUT2D eigenvalue weighted by Gasteiger charge is 2.18. The number of aliphatic hydroxyl groups is 2. The standard InChI is InChI=1S/C87H165NO5/c1-3-5-7-9-11-13-15-17-19-21-44-47-51-55-59-63-67-71-75-79-85(90)84(83-89)88-86(91)80-76-72-68-64-60-56-52-48-45-42-40-38-36-34-32-30-28-26-24-23-25-27-29-31-33-35-37-39-41-43-46-50-54-58-62-66-70-74-78-82-93-87(92)81-77-73-69-65-61-57-53-49-22-20-18-16-14-12-10-8-6-4-2/h20,22-24,27,29,75,79,84-85,89-90H,3-19,21,25-26,28,30-74,76-78,80-83H2,1-2H3,(H,88,91)/b22-20-,24-23-,29-27-,79-75+. The fraction of sp³-hybridized carbons (Fsp3) is 0.885.